The van der Waals surface area contributed by atoms with Crippen LogP contribution >= 0.6 is 0 Å². The Morgan fingerprint density at radius 3 is 2.73 bits per heavy atom. The molecule has 22 heavy (non-hydrogen) atoms. The first-order valence-corrected chi connectivity index (χ1v) is 8.43. The van der Waals surface area contributed by atoms with E-state index in [0.29, 0.717) is 11.8 Å². The summed E-state index contributed by atoms with van der Waals surface area (Å²) in [5.41, 5.74) is 1.58. The van der Waals surface area contributed by atoms with Crippen molar-refractivity contribution in [1.82, 2.24) is 0 Å². The third kappa shape index (κ3) is 3.78. The van der Waals surface area contributed by atoms with Crippen LogP contribution in [0, 0.1) is 17.3 Å². The zero-order valence-corrected chi connectivity index (χ0v) is 14.6. The molecule has 2 aliphatic rings. The number of ketones is 1. The Balaban J connectivity index is 2.18. The van der Waals surface area contributed by atoms with Gasteiger partial charge in [-0.1, -0.05) is 24.6 Å². The summed E-state index contributed by atoms with van der Waals surface area (Å²) >= 11 is 0. The zero-order valence-electron chi connectivity index (χ0n) is 14.6. The van der Waals surface area contributed by atoms with E-state index in [2.05, 4.69) is 32.9 Å². The fourth-order valence-electron chi connectivity index (χ4n) is 3.81. The Labute approximate surface area is 135 Å². The minimum atomic E-state index is -0.874. The van der Waals surface area contributed by atoms with Crippen molar-refractivity contribution in [3.8, 4) is 0 Å². The van der Waals surface area contributed by atoms with E-state index in [9.17, 15) is 9.90 Å². The number of carbonyl (C=O) groups excluding carboxylic acids is 1. The van der Waals surface area contributed by atoms with E-state index in [-0.39, 0.29) is 11.2 Å². The molecule has 0 amide bonds. The highest BCUT2D eigenvalue weighted by molar-refractivity contribution is 6.03. The SMILES string of the molecule is CC(C)=CCC[C@@]1(C)[C@H]2/C=C(/C)C(=O)/C=C/[C@@](C)(O)CC[C@@H]21. The Hall–Kier alpha value is -1.15. The maximum Gasteiger partial charge on any atom is 0.181 e. The second-order valence-electron chi connectivity index (χ2n) is 7.90. The minimum Gasteiger partial charge on any atom is -0.386 e. The number of allylic oxidation sites excluding steroid dienone is 5. The van der Waals surface area contributed by atoms with Crippen LogP contribution in [0.4, 0.5) is 0 Å². The molecule has 0 spiro atoms. The molecule has 4 atom stereocenters. The topological polar surface area (TPSA) is 37.3 Å². The molecule has 0 bridgehead atoms. The molecule has 0 aromatic rings. The summed E-state index contributed by atoms with van der Waals surface area (Å²) in [6.45, 7) is 10.3. The molecular weight excluding hydrogens is 272 g/mol. The molecule has 0 unspecified atom stereocenters. The number of carbonyl (C=O) groups is 1. The second-order valence-corrected chi connectivity index (χ2v) is 7.90. The fraction of sp³-hybridized carbons (Fsp3) is 0.650. The summed E-state index contributed by atoms with van der Waals surface area (Å²) in [4.78, 5) is 12.1. The van der Waals surface area contributed by atoms with Crippen molar-refractivity contribution in [2.45, 2.75) is 65.9 Å². The molecule has 0 heterocycles. The number of hydrogen-bond acceptors (Lipinski definition) is 2. The van der Waals surface area contributed by atoms with Crippen LogP contribution in [0.3, 0.4) is 0 Å². The fourth-order valence-corrected chi connectivity index (χ4v) is 3.81. The van der Waals surface area contributed by atoms with Crippen LogP contribution in [-0.2, 0) is 4.79 Å². The van der Waals surface area contributed by atoms with E-state index < -0.39 is 5.60 Å². The first kappa shape index (κ1) is 17.2. The summed E-state index contributed by atoms with van der Waals surface area (Å²) in [5.74, 6) is 1.09. The summed E-state index contributed by atoms with van der Waals surface area (Å²) in [5, 5.41) is 10.4. The molecule has 2 rings (SSSR count). The predicted octanol–water partition coefficient (Wildman–Crippen LogP) is 4.60. The van der Waals surface area contributed by atoms with Gasteiger partial charge < -0.3 is 5.11 Å². The number of fused-ring (bicyclic) bond motifs is 1. The van der Waals surface area contributed by atoms with E-state index in [1.807, 2.05) is 6.92 Å². The molecule has 1 fully saturated rings. The molecule has 0 saturated heterocycles. The van der Waals surface area contributed by atoms with Gasteiger partial charge in [0.25, 0.3) is 0 Å². The van der Waals surface area contributed by atoms with Crippen molar-refractivity contribution in [3.05, 3.63) is 35.5 Å². The van der Waals surface area contributed by atoms with Gasteiger partial charge in [0.1, 0.15) is 0 Å². The lowest BCUT2D eigenvalue weighted by atomic mass is 9.92. The van der Waals surface area contributed by atoms with Crippen molar-refractivity contribution in [2.24, 2.45) is 17.3 Å². The minimum absolute atomic E-state index is 0.0273. The van der Waals surface area contributed by atoms with Gasteiger partial charge in [0.05, 0.1) is 5.60 Å². The molecule has 0 aromatic heterocycles. The lowest BCUT2D eigenvalue weighted by molar-refractivity contribution is -0.111. The van der Waals surface area contributed by atoms with E-state index in [0.717, 1.165) is 31.3 Å². The maximum atomic E-state index is 12.1. The number of hydrogen-bond donors (Lipinski definition) is 1. The quantitative estimate of drug-likeness (QED) is 0.773. The third-order valence-corrected chi connectivity index (χ3v) is 5.54. The molecule has 0 aliphatic heterocycles. The van der Waals surface area contributed by atoms with Crippen LogP contribution in [0.15, 0.2) is 35.5 Å². The smallest absolute Gasteiger partial charge is 0.181 e. The summed E-state index contributed by atoms with van der Waals surface area (Å²) < 4.78 is 0. The van der Waals surface area contributed by atoms with Crippen molar-refractivity contribution >= 4 is 5.78 Å². The van der Waals surface area contributed by atoms with Crippen molar-refractivity contribution in [2.75, 3.05) is 0 Å². The number of aliphatic hydroxyl groups is 1. The normalized spacial score (nSPS) is 41.9. The van der Waals surface area contributed by atoms with Gasteiger partial charge in [-0.15, -0.1) is 0 Å². The molecular formula is C20H30O2. The largest absolute Gasteiger partial charge is 0.386 e. The lowest BCUT2D eigenvalue weighted by Crippen LogP contribution is -2.22. The van der Waals surface area contributed by atoms with Crippen LogP contribution in [-0.4, -0.2) is 16.5 Å². The van der Waals surface area contributed by atoms with E-state index in [1.165, 1.54) is 11.6 Å². The van der Waals surface area contributed by atoms with E-state index >= 15 is 0 Å². The zero-order chi connectivity index (χ0) is 16.5. The van der Waals surface area contributed by atoms with Gasteiger partial charge in [0.2, 0.25) is 0 Å². The monoisotopic (exact) mass is 302 g/mol. The van der Waals surface area contributed by atoms with E-state index in [4.69, 9.17) is 0 Å². The summed E-state index contributed by atoms with van der Waals surface area (Å²) in [7, 11) is 0. The second kappa shape index (κ2) is 6.16. The van der Waals surface area contributed by atoms with Gasteiger partial charge in [-0.25, -0.2) is 0 Å². The van der Waals surface area contributed by atoms with Gasteiger partial charge in [0.15, 0.2) is 5.78 Å². The highest BCUT2D eigenvalue weighted by atomic mass is 16.3. The highest BCUT2D eigenvalue weighted by Crippen LogP contribution is 2.64. The molecule has 2 heteroatoms. The van der Waals surface area contributed by atoms with Gasteiger partial charge in [-0.05, 0) is 88.4 Å². The van der Waals surface area contributed by atoms with Gasteiger partial charge in [-0.2, -0.15) is 0 Å². The molecule has 1 saturated carbocycles. The summed E-state index contributed by atoms with van der Waals surface area (Å²) in [6, 6.07) is 0. The first-order valence-electron chi connectivity index (χ1n) is 8.43. The standard InChI is InChI=1S/C20H30O2/c1-14(2)7-6-10-20(5)16-8-11-19(4,22)12-9-18(21)15(3)13-17(16)20/h7,9,12-13,16-17,22H,6,8,10-11H2,1-5H3/b12-9+,15-13-/t16-,17-,19-,20+/m0/s1. The Morgan fingerprint density at radius 1 is 1.41 bits per heavy atom. The molecule has 2 nitrogen and oxygen atoms in total. The third-order valence-electron chi connectivity index (χ3n) is 5.54. The van der Waals surface area contributed by atoms with E-state index in [1.54, 1.807) is 13.0 Å². The average molecular weight is 302 g/mol. The number of rotatable bonds is 3. The Morgan fingerprint density at radius 2 is 2.09 bits per heavy atom. The predicted molar refractivity (Wildman–Crippen MR) is 91.5 cm³/mol. The summed E-state index contributed by atoms with van der Waals surface area (Å²) in [6.07, 6.45) is 11.7. The molecule has 0 radical (unpaired) electrons. The first-order chi connectivity index (χ1) is 10.2. The van der Waals surface area contributed by atoms with Crippen LogP contribution in [0.2, 0.25) is 0 Å². The average Bonchev–Trinajstić information content (AvgIpc) is 2.96. The Kier molecular flexibility index (Phi) is 4.81. The Bertz CT molecular complexity index is 532. The van der Waals surface area contributed by atoms with Crippen LogP contribution in [0.1, 0.15) is 60.3 Å². The maximum absolute atomic E-state index is 12.1. The molecule has 1 N–H and O–H groups in total. The van der Waals surface area contributed by atoms with Crippen molar-refractivity contribution in [3.63, 3.8) is 0 Å². The van der Waals surface area contributed by atoms with Gasteiger partial charge in [0, 0.05) is 0 Å². The van der Waals surface area contributed by atoms with Crippen molar-refractivity contribution < 1.29 is 9.90 Å². The van der Waals surface area contributed by atoms with Gasteiger partial charge >= 0.3 is 0 Å². The van der Waals surface area contributed by atoms with Crippen LogP contribution in [0.5, 0.6) is 0 Å². The van der Waals surface area contributed by atoms with Crippen LogP contribution in [0.25, 0.3) is 0 Å². The molecule has 122 valence electrons. The van der Waals surface area contributed by atoms with Crippen LogP contribution < -0.4 is 0 Å². The van der Waals surface area contributed by atoms with Gasteiger partial charge in [-0.3, -0.25) is 4.79 Å². The van der Waals surface area contributed by atoms with Crippen molar-refractivity contribution in [1.29, 1.82) is 0 Å². The highest BCUT2D eigenvalue weighted by Gasteiger charge is 2.58. The molecule has 2 aliphatic carbocycles. The molecule has 0 aromatic carbocycles. The lowest BCUT2D eigenvalue weighted by Gasteiger charge is -2.19.